The van der Waals surface area contributed by atoms with Crippen molar-refractivity contribution in [3.63, 3.8) is 0 Å². The van der Waals surface area contributed by atoms with E-state index < -0.39 is 53.9 Å². The van der Waals surface area contributed by atoms with Crippen LogP contribution < -0.4 is 0 Å². The number of likely N-dealkylation sites (tertiary alicyclic amines) is 1. The van der Waals surface area contributed by atoms with Gasteiger partial charge in [-0.25, -0.2) is 0 Å². The molecule has 0 aromatic carbocycles. The summed E-state index contributed by atoms with van der Waals surface area (Å²) < 4.78 is 11.6. The predicted molar refractivity (Wildman–Crippen MR) is 118 cm³/mol. The van der Waals surface area contributed by atoms with Gasteiger partial charge in [0.15, 0.2) is 0 Å². The van der Waals surface area contributed by atoms with Gasteiger partial charge in [-0.1, -0.05) is 11.6 Å². The van der Waals surface area contributed by atoms with Crippen LogP contribution in [0, 0.1) is 17.8 Å². The number of esters is 2. The van der Waals surface area contributed by atoms with Crippen molar-refractivity contribution in [2.24, 2.45) is 17.8 Å². The molecular formula is C24H35NO8. The van der Waals surface area contributed by atoms with Crippen molar-refractivity contribution in [2.45, 2.75) is 64.2 Å². The normalized spacial score (nSPS) is 31.8. The first-order valence-corrected chi connectivity index (χ1v) is 11.7. The largest absolute Gasteiger partial charge is 0.480 e. The summed E-state index contributed by atoms with van der Waals surface area (Å²) in [6.45, 7) is 3.75. The number of aliphatic hydroxyl groups excluding tert-OH is 2. The third-order valence-corrected chi connectivity index (χ3v) is 6.94. The molecule has 33 heavy (non-hydrogen) atoms. The molecule has 2 fully saturated rings. The van der Waals surface area contributed by atoms with E-state index in [1.54, 1.807) is 17.9 Å². The molecule has 2 aliphatic heterocycles. The fourth-order valence-electron chi connectivity index (χ4n) is 5.02. The molecule has 1 aliphatic carbocycles. The lowest BCUT2D eigenvalue weighted by Gasteiger charge is -2.32. The van der Waals surface area contributed by atoms with E-state index >= 15 is 0 Å². The zero-order chi connectivity index (χ0) is 24.1. The van der Waals surface area contributed by atoms with Crippen LogP contribution in [0.15, 0.2) is 23.3 Å². The SMILES string of the molecule is CC1=CCCC(CO)=C[C@H]2OC(=O)C(CN3CCCC3C(=O)O)[C@@H]2[C@@H](OC(=O)C(C)CO)C1. The third-order valence-electron chi connectivity index (χ3n) is 6.94. The van der Waals surface area contributed by atoms with Crippen molar-refractivity contribution in [1.82, 2.24) is 4.90 Å². The molecule has 3 unspecified atom stereocenters. The fourth-order valence-corrected chi connectivity index (χ4v) is 5.02. The van der Waals surface area contributed by atoms with Crippen LogP contribution in [0.3, 0.4) is 0 Å². The number of aliphatic carboxylic acids is 1. The minimum Gasteiger partial charge on any atom is -0.480 e. The minimum absolute atomic E-state index is 0.169. The molecule has 2 heterocycles. The number of carbonyl (C=O) groups is 3. The maximum absolute atomic E-state index is 13.0. The van der Waals surface area contributed by atoms with Gasteiger partial charge in [-0.05, 0) is 57.7 Å². The van der Waals surface area contributed by atoms with E-state index in [1.807, 2.05) is 13.0 Å². The Labute approximate surface area is 194 Å². The highest BCUT2D eigenvalue weighted by molar-refractivity contribution is 5.77. The Morgan fingerprint density at radius 3 is 2.76 bits per heavy atom. The van der Waals surface area contributed by atoms with Crippen molar-refractivity contribution >= 4 is 17.9 Å². The van der Waals surface area contributed by atoms with Gasteiger partial charge in [-0.2, -0.15) is 0 Å². The summed E-state index contributed by atoms with van der Waals surface area (Å²) in [7, 11) is 0. The van der Waals surface area contributed by atoms with E-state index in [1.165, 1.54) is 0 Å². The Kier molecular flexibility index (Phi) is 8.67. The fraction of sp³-hybridized carbons (Fsp3) is 0.708. The van der Waals surface area contributed by atoms with Gasteiger partial charge in [0.05, 0.1) is 31.0 Å². The summed E-state index contributed by atoms with van der Waals surface area (Å²) in [5.41, 5.74) is 1.73. The number of ether oxygens (including phenoxy) is 2. The van der Waals surface area contributed by atoms with E-state index in [9.17, 15) is 29.7 Å². The Morgan fingerprint density at radius 1 is 1.33 bits per heavy atom. The van der Waals surface area contributed by atoms with E-state index in [4.69, 9.17) is 9.47 Å². The number of aliphatic hydroxyl groups is 2. The average Bonchev–Trinajstić information content (AvgIpc) is 3.36. The van der Waals surface area contributed by atoms with Crippen molar-refractivity contribution < 1.29 is 39.2 Å². The van der Waals surface area contributed by atoms with Crippen LogP contribution in [-0.4, -0.2) is 82.7 Å². The van der Waals surface area contributed by atoms with E-state index in [0.717, 1.165) is 17.6 Å². The molecule has 0 amide bonds. The van der Waals surface area contributed by atoms with E-state index in [0.29, 0.717) is 32.2 Å². The van der Waals surface area contributed by atoms with Gasteiger partial charge in [-0.15, -0.1) is 0 Å². The van der Waals surface area contributed by atoms with Gasteiger partial charge in [0.1, 0.15) is 18.2 Å². The lowest BCUT2D eigenvalue weighted by atomic mass is 9.81. The van der Waals surface area contributed by atoms with Crippen molar-refractivity contribution in [3.05, 3.63) is 23.3 Å². The van der Waals surface area contributed by atoms with Gasteiger partial charge >= 0.3 is 17.9 Å². The lowest BCUT2D eigenvalue weighted by molar-refractivity contribution is -0.159. The quantitative estimate of drug-likeness (QED) is 0.375. The molecule has 0 aromatic rings. The first-order valence-electron chi connectivity index (χ1n) is 11.7. The molecule has 3 aliphatic rings. The topological polar surface area (TPSA) is 134 Å². The zero-order valence-electron chi connectivity index (χ0n) is 19.3. The molecular weight excluding hydrogens is 430 g/mol. The molecule has 3 N–H and O–H groups in total. The van der Waals surface area contributed by atoms with Crippen LogP contribution in [0.25, 0.3) is 0 Å². The Morgan fingerprint density at radius 2 is 2.09 bits per heavy atom. The summed E-state index contributed by atoms with van der Waals surface area (Å²) in [6.07, 6.45) is 5.40. The maximum atomic E-state index is 13.0. The smallest absolute Gasteiger partial charge is 0.320 e. The van der Waals surface area contributed by atoms with Gasteiger partial charge in [-0.3, -0.25) is 19.3 Å². The predicted octanol–water partition coefficient (Wildman–Crippen LogP) is 1.28. The number of carboxylic acid groups (broad SMARTS) is 1. The highest BCUT2D eigenvalue weighted by Gasteiger charge is 2.51. The van der Waals surface area contributed by atoms with Gasteiger partial charge < -0.3 is 24.8 Å². The highest BCUT2D eigenvalue weighted by Crippen LogP contribution is 2.39. The summed E-state index contributed by atoms with van der Waals surface area (Å²) in [5, 5.41) is 28.8. The van der Waals surface area contributed by atoms with Crippen LogP contribution in [0.2, 0.25) is 0 Å². The highest BCUT2D eigenvalue weighted by atomic mass is 16.6. The molecule has 2 saturated heterocycles. The molecule has 9 nitrogen and oxygen atoms in total. The number of hydrogen-bond acceptors (Lipinski definition) is 8. The number of hydrogen-bond donors (Lipinski definition) is 3. The summed E-state index contributed by atoms with van der Waals surface area (Å²) >= 11 is 0. The molecule has 0 bridgehead atoms. The van der Waals surface area contributed by atoms with Crippen LogP contribution in [0.1, 0.15) is 46.0 Å². The second-order valence-electron chi connectivity index (χ2n) is 9.41. The standard InChI is InChI=1S/C24H35NO8/c1-14-5-3-6-16(13-27)10-20-21(19(9-14)32-23(30)15(2)12-26)17(24(31)33-20)11-25-8-4-7-18(25)22(28)29/h5,10,15,17-21,26-27H,3-4,6-9,11-13H2,1-2H3,(H,28,29)/t15?,17?,18?,19-,20+,21+/m0/s1. The van der Waals surface area contributed by atoms with Crippen LogP contribution in [-0.2, 0) is 23.9 Å². The van der Waals surface area contributed by atoms with Crippen LogP contribution in [0.4, 0.5) is 0 Å². The second-order valence-corrected chi connectivity index (χ2v) is 9.41. The zero-order valence-corrected chi connectivity index (χ0v) is 19.3. The first kappa shape index (κ1) is 25.4. The number of nitrogens with zero attached hydrogens (tertiary/aromatic N) is 1. The van der Waals surface area contributed by atoms with Crippen molar-refractivity contribution in [2.75, 3.05) is 26.3 Å². The first-order chi connectivity index (χ1) is 15.7. The van der Waals surface area contributed by atoms with E-state index in [-0.39, 0.29) is 19.8 Å². The molecule has 9 heteroatoms. The van der Waals surface area contributed by atoms with Crippen molar-refractivity contribution in [3.8, 4) is 0 Å². The van der Waals surface area contributed by atoms with Gasteiger partial charge in [0, 0.05) is 13.0 Å². The minimum atomic E-state index is -0.914. The number of allylic oxidation sites excluding steroid dienone is 1. The Bertz CT molecular complexity index is 806. The molecule has 0 aromatic heterocycles. The maximum Gasteiger partial charge on any atom is 0.320 e. The van der Waals surface area contributed by atoms with Gasteiger partial charge in [0.25, 0.3) is 0 Å². The molecule has 0 saturated carbocycles. The number of fused-ring (bicyclic) bond motifs is 1. The molecule has 3 rings (SSSR count). The molecule has 184 valence electrons. The molecule has 0 spiro atoms. The molecule has 6 atom stereocenters. The number of rotatable bonds is 7. The average molecular weight is 466 g/mol. The van der Waals surface area contributed by atoms with Crippen LogP contribution in [0.5, 0.6) is 0 Å². The second kappa shape index (κ2) is 11.3. The summed E-state index contributed by atoms with van der Waals surface area (Å²) in [5.74, 6) is -3.85. The Hall–Kier alpha value is -2.23. The molecule has 0 radical (unpaired) electrons. The van der Waals surface area contributed by atoms with Crippen molar-refractivity contribution in [1.29, 1.82) is 0 Å². The third kappa shape index (κ3) is 6.02. The van der Waals surface area contributed by atoms with Crippen LogP contribution >= 0.6 is 0 Å². The van der Waals surface area contributed by atoms with Gasteiger partial charge in [0.2, 0.25) is 0 Å². The lowest BCUT2D eigenvalue weighted by Crippen LogP contribution is -2.45. The number of carboxylic acids is 1. The summed E-state index contributed by atoms with van der Waals surface area (Å²) in [6, 6.07) is -0.656. The van der Waals surface area contributed by atoms with E-state index in [2.05, 4.69) is 0 Å². The number of carbonyl (C=O) groups excluding carboxylic acids is 2. The monoisotopic (exact) mass is 465 g/mol. The summed E-state index contributed by atoms with van der Waals surface area (Å²) in [4.78, 5) is 39.1. The Balaban J connectivity index is 1.96.